The van der Waals surface area contributed by atoms with Crippen LogP contribution in [0.4, 0.5) is 0 Å². The van der Waals surface area contributed by atoms with E-state index in [9.17, 15) is 0 Å². The predicted octanol–water partition coefficient (Wildman–Crippen LogP) is 3.44. The average Bonchev–Trinajstić information content (AvgIpc) is 2.08. The number of rotatable bonds is 0. The summed E-state index contributed by atoms with van der Waals surface area (Å²) < 4.78 is 4.02. The van der Waals surface area contributed by atoms with Crippen LogP contribution >= 0.6 is 11.9 Å². The summed E-state index contributed by atoms with van der Waals surface area (Å²) >= 11 is 1.62. The zero-order valence-electron chi connectivity index (χ0n) is 6.96. The monoisotopic (exact) mass is 172 g/mol. The standard InChI is InChI=1S/C8H16N2S/c1-2-4-6-8-11-10-9-7-5-3-1/h1-8H2/b10-9-. The Kier molecular flexibility index (Phi) is 5.46. The molecule has 1 heterocycles. The molecule has 11 heavy (non-hydrogen) atoms. The lowest BCUT2D eigenvalue weighted by Crippen LogP contribution is -1.81. The molecule has 0 aliphatic carbocycles. The molecule has 0 unspecified atom stereocenters. The van der Waals surface area contributed by atoms with E-state index in [1.807, 2.05) is 0 Å². The van der Waals surface area contributed by atoms with Gasteiger partial charge in [-0.2, -0.15) is 5.11 Å². The number of hydrogen-bond donors (Lipinski definition) is 0. The Morgan fingerprint density at radius 2 is 1.55 bits per heavy atom. The van der Waals surface area contributed by atoms with Gasteiger partial charge in [-0.1, -0.05) is 25.7 Å². The lowest BCUT2D eigenvalue weighted by atomic mass is 10.1. The largest absolute Gasteiger partial charge is 0.182 e. The van der Waals surface area contributed by atoms with E-state index >= 15 is 0 Å². The van der Waals surface area contributed by atoms with Gasteiger partial charge in [-0.05, 0) is 24.8 Å². The van der Waals surface area contributed by atoms with E-state index in [4.69, 9.17) is 0 Å². The molecule has 3 heteroatoms. The normalized spacial score (nSPS) is 25.5. The van der Waals surface area contributed by atoms with Crippen molar-refractivity contribution >= 4 is 11.9 Å². The van der Waals surface area contributed by atoms with Gasteiger partial charge in [0.15, 0.2) is 0 Å². The van der Waals surface area contributed by atoms with Crippen LogP contribution in [0.2, 0.25) is 0 Å². The predicted molar refractivity (Wildman–Crippen MR) is 49.9 cm³/mol. The van der Waals surface area contributed by atoms with E-state index in [1.165, 1.54) is 38.5 Å². The summed E-state index contributed by atoms with van der Waals surface area (Å²) in [7, 11) is 0. The minimum Gasteiger partial charge on any atom is -0.182 e. The number of nitrogens with zero attached hydrogens (tertiary/aromatic N) is 2. The van der Waals surface area contributed by atoms with E-state index in [1.54, 1.807) is 11.9 Å². The topological polar surface area (TPSA) is 24.7 Å². The third-order valence-electron chi connectivity index (χ3n) is 1.86. The zero-order chi connectivity index (χ0) is 7.78. The van der Waals surface area contributed by atoms with Crippen LogP contribution in [0.25, 0.3) is 0 Å². The van der Waals surface area contributed by atoms with Gasteiger partial charge in [0.1, 0.15) is 0 Å². The SMILES string of the molecule is C1CCCCS/N=N\CCC1. The minimum atomic E-state index is 0.938. The van der Waals surface area contributed by atoms with E-state index in [0.29, 0.717) is 0 Å². The fourth-order valence-corrected chi connectivity index (χ4v) is 1.76. The zero-order valence-corrected chi connectivity index (χ0v) is 7.78. The first-order valence-electron chi connectivity index (χ1n) is 4.49. The van der Waals surface area contributed by atoms with E-state index < -0.39 is 0 Å². The van der Waals surface area contributed by atoms with Gasteiger partial charge >= 0.3 is 0 Å². The maximum absolute atomic E-state index is 4.06. The highest BCUT2D eigenvalue weighted by molar-refractivity contribution is 7.97. The molecule has 0 fully saturated rings. The van der Waals surface area contributed by atoms with Crippen molar-refractivity contribution in [3.63, 3.8) is 0 Å². The quantitative estimate of drug-likeness (QED) is 0.514. The van der Waals surface area contributed by atoms with Crippen LogP contribution in [-0.2, 0) is 0 Å². The summed E-state index contributed by atoms with van der Waals surface area (Å²) in [6, 6.07) is 0. The summed E-state index contributed by atoms with van der Waals surface area (Å²) in [5, 5.41) is 4.06. The van der Waals surface area contributed by atoms with Crippen molar-refractivity contribution in [1.82, 2.24) is 0 Å². The molecule has 0 aromatic rings. The lowest BCUT2D eigenvalue weighted by molar-refractivity contribution is 0.613. The average molecular weight is 172 g/mol. The molecule has 0 aromatic heterocycles. The molecule has 0 atom stereocenters. The van der Waals surface area contributed by atoms with Crippen LogP contribution in [0.15, 0.2) is 9.63 Å². The van der Waals surface area contributed by atoms with Gasteiger partial charge in [-0.15, -0.1) is 4.52 Å². The first-order chi connectivity index (χ1) is 5.50. The third kappa shape index (κ3) is 5.24. The van der Waals surface area contributed by atoms with Crippen molar-refractivity contribution in [2.45, 2.75) is 38.5 Å². The van der Waals surface area contributed by atoms with Crippen molar-refractivity contribution < 1.29 is 0 Å². The molecule has 64 valence electrons. The summed E-state index contributed by atoms with van der Waals surface area (Å²) in [6.07, 6.45) is 8.04. The van der Waals surface area contributed by atoms with Gasteiger partial charge in [0.2, 0.25) is 0 Å². The third-order valence-corrected chi connectivity index (χ3v) is 2.56. The first-order valence-corrected chi connectivity index (χ1v) is 5.43. The molecule has 1 rings (SSSR count). The van der Waals surface area contributed by atoms with Gasteiger partial charge in [-0.3, -0.25) is 0 Å². The van der Waals surface area contributed by atoms with Crippen LogP contribution in [0.1, 0.15) is 38.5 Å². The highest BCUT2D eigenvalue weighted by Crippen LogP contribution is 2.12. The van der Waals surface area contributed by atoms with Gasteiger partial charge in [0.25, 0.3) is 0 Å². The Bertz CT molecular complexity index is 103. The Morgan fingerprint density at radius 3 is 2.45 bits per heavy atom. The van der Waals surface area contributed by atoms with Gasteiger partial charge in [-0.25, -0.2) is 0 Å². The van der Waals surface area contributed by atoms with Crippen LogP contribution in [0.5, 0.6) is 0 Å². The summed E-state index contributed by atoms with van der Waals surface area (Å²) in [6.45, 7) is 0.938. The second-order valence-corrected chi connectivity index (χ2v) is 3.73. The molecule has 1 aliphatic rings. The molecular weight excluding hydrogens is 156 g/mol. The van der Waals surface area contributed by atoms with Gasteiger partial charge in [0, 0.05) is 5.75 Å². The lowest BCUT2D eigenvalue weighted by Gasteiger charge is -1.96. The van der Waals surface area contributed by atoms with Crippen molar-refractivity contribution in [3.05, 3.63) is 0 Å². The molecule has 0 amide bonds. The Morgan fingerprint density at radius 1 is 0.818 bits per heavy atom. The fourth-order valence-electron chi connectivity index (χ4n) is 1.18. The molecule has 2 nitrogen and oxygen atoms in total. The second-order valence-electron chi connectivity index (χ2n) is 2.90. The summed E-state index contributed by atoms with van der Waals surface area (Å²) in [5.41, 5.74) is 0. The maximum Gasteiger partial charge on any atom is 0.0609 e. The molecule has 0 N–H and O–H groups in total. The molecular formula is C8H16N2S. The van der Waals surface area contributed by atoms with E-state index in [-0.39, 0.29) is 0 Å². The molecule has 0 radical (unpaired) electrons. The highest BCUT2D eigenvalue weighted by atomic mass is 32.2. The minimum absolute atomic E-state index is 0.938. The van der Waals surface area contributed by atoms with E-state index in [0.717, 1.165) is 12.3 Å². The summed E-state index contributed by atoms with van der Waals surface area (Å²) in [4.78, 5) is 0. The number of hydrogen-bond acceptors (Lipinski definition) is 3. The second kappa shape index (κ2) is 6.65. The fraction of sp³-hybridized carbons (Fsp3) is 1.00. The smallest absolute Gasteiger partial charge is 0.0609 e. The van der Waals surface area contributed by atoms with Crippen molar-refractivity contribution in [3.8, 4) is 0 Å². The van der Waals surface area contributed by atoms with Crippen molar-refractivity contribution in [1.29, 1.82) is 0 Å². The maximum atomic E-state index is 4.06. The van der Waals surface area contributed by atoms with Gasteiger partial charge in [0.05, 0.1) is 6.54 Å². The Labute approximate surface area is 73.0 Å². The summed E-state index contributed by atoms with van der Waals surface area (Å²) in [5.74, 6) is 1.16. The first kappa shape index (κ1) is 9.04. The van der Waals surface area contributed by atoms with Crippen LogP contribution in [0, 0.1) is 0 Å². The Hall–Kier alpha value is -0.0500. The van der Waals surface area contributed by atoms with E-state index in [2.05, 4.69) is 9.63 Å². The molecule has 0 bridgehead atoms. The highest BCUT2D eigenvalue weighted by Gasteiger charge is 1.93. The van der Waals surface area contributed by atoms with Crippen LogP contribution < -0.4 is 0 Å². The molecule has 0 spiro atoms. The Balaban J connectivity index is 2.11. The van der Waals surface area contributed by atoms with Crippen LogP contribution in [0.3, 0.4) is 0 Å². The van der Waals surface area contributed by atoms with Crippen LogP contribution in [-0.4, -0.2) is 12.3 Å². The van der Waals surface area contributed by atoms with Gasteiger partial charge < -0.3 is 0 Å². The molecule has 0 saturated heterocycles. The molecule has 0 aromatic carbocycles. The molecule has 1 aliphatic heterocycles. The van der Waals surface area contributed by atoms with Crippen molar-refractivity contribution in [2.24, 2.45) is 9.63 Å². The van der Waals surface area contributed by atoms with Crippen molar-refractivity contribution in [2.75, 3.05) is 12.3 Å². The molecule has 0 saturated carbocycles.